The van der Waals surface area contributed by atoms with Gasteiger partial charge in [-0.05, 0) is 0 Å². The molecule has 0 aliphatic heterocycles. The largest absolute Gasteiger partial charge is 0.446 e. The number of hydrogen-bond acceptors (Lipinski definition) is 4. The first-order chi connectivity index (χ1) is 5.84. The molecule has 4 nitrogen and oxygen atoms in total. The highest BCUT2D eigenvalue weighted by atomic mass is 16.5. The maximum Gasteiger partial charge on any atom is 0.180 e. The van der Waals surface area contributed by atoms with Gasteiger partial charge in [0.1, 0.15) is 6.10 Å². The Balaban J connectivity index is 0.000000561. The normalized spacial score (nSPS) is 11.7. The van der Waals surface area contributed by atoms with E-state index in [2.05, 4.69) is 9.72 Å². The average molecular weight is 173 g/mol. The van der Waals surface area contributed by atoms with Crippen LogP contribution >= 0.6 is 0 Å². The van der Waals surface area contributed by atoms with E-state index in [1.807, 2.05) is 13.8 Å². The van der Waals surface area contributed by atoms with Crippen LogP contribution in [0.25, 0.3) is 0 Å². The van der Waals surface area contributed by atoms with E-state index in [0.29, 0.717) is 5.76 Å². The first-order valence-corrected chi connectivity index (χ1v) is 3.90. The first-order valence-electron chi connectivity index (χ1n) is 3.90. The summed E-state index contributed by atoms with van der Waals surface area (Å²) in [5.74, 6) is 0.432. The summed E-state index contributed by atoms with van der Waals surface area (Å²) >= 11 is 0. The van der Waals surface area contributed by atoms with Crippen LogP contribution in [0.5, 0.6) is 0 Å². The van der Waals surface area contributed by atoms with Crippen molar-refractivity contribution in [1.82, 2.24) is 4.98 Å². The van der Waals surface area contributed by atoms with Gasteiger partial charge < -0.3 is 14.3 Å². The summed E-state index contributed by atoms with van der Waals surface area (Å²) in [6.07, 6.45) is 2.03. The summed E-state index contributed by atoms with van der Waals surface area (Å²) in [6.45, 7) is 4.23. The topological polar surface area (TPSA) is 55.5 Å². The highest BCUT2D eigenvalue weighted by Gasteiger charge is 2.09. The third-order valence-corrected chi connectivity index (χ3v) is 1.10. The van der Waals surface area contributed by atoms with E-state index in [-0.39, 0.29) is 6.61 Å². The summed E-state index contributed by atoms with van der Waals surface area (Å²) in [7, 11) is 1.51. The van der Waals surface area contributed by atoms with Gasteiger partial charge in [0.25, 0.3) is 0 Å². The van der Waals surface area contributed by atoms with Crippen molar-refractivity contribution in [3.05, 3.63) is 18.4 Å². The molecule has 0 amide bonds. The van der Waals surface area contributed by atoms with Crippen LogP contribution in [0.4, 0.5) is 0 Å². The van der Waals surface area contributed by atoms with Gasteiger partial charge in [-0.1, -0.05) is 13.8 Å². The molecule has 0 radical (unpaired) electrons. The van der Waals surface area contributed by atoms with Crippen LogP contribution in [-0.4, -0.2) is 23.8 Å². The van der Waals surface area contributed by atoms with E-state index in [1.54, 1.807) is 0 Å². The third kappa shape index (κ3) is 3.50. The molecule has 1 unspecified atom stereocenters. The Morgan fingerprint density at radius 2 is 2.33 bits per heavy atom. The van der Waals surface area contributed by atoms with Gasteiger partial charge in [-0.25, -0.2) is 4.98 Å². The summed E-state index contributed by atoms with van der Waals surface area (Å²) in [5.41, 5.74) is 0. The van der Waals surface area contributed by atoms with E-state index in [4.69, 9.17) is 9.52 Å². The lowest BCUT2D eigenvalue weighted by molar-refractivity contribution is 0.0503. The van der Waals surface area contributed by atoms with Crippen molar-refractivity contribution in [3.63, 3.8) is 0 Å². The molecule has 1 N–H and O–H groups in total. The lowest BCUT2D eigenvalue weighted by atomic mass is 10.3. The van der Waals surface area contributed by atoms with Gasteiger partial charge in [-0.2, -0.15) is 0 Å². The Labute approximate surface area is 72.2 Å². The van der Waals surface area contributed by atoms with Gasteiger partial charge in [0.05, 0.1) is 12.8 Å². The molecule has 1 rings (SSSR count). The van der Waals surface area contributed by atoms with E-state index in [0.717, 1.165) is 0 Å². The zero-order valence-electron chi connectivity index (χ0n) is 7.65. The van der Waals surface area contributed by atoms with Crippen molar-refractivity contribution in [3.8, 4) is 0 Å². The minimum absolute atomic E-state index is 0.231. The number of aliphatic hydroxyl groups is 1. The second-order valence-corrected chi connectivity index (χ2v) is 1.87. The molecule has 4 heteroatoms. The van der Waals surface area contributed by atoms with Crippen LogP contribution in [0.1, 0.15) is 25.7 Å². The maximum absolute atomic E-state index is 9.15. The molecule has 1 aromatic heterocycles. The Morgan fingerprint density at radius 3 is 2.75 bits per heavy atom. The number of methoxy groups -OCH3 is 1. The number of rotatable bonds is 3. The van der Waals surface area contributed by atoms with Crippen LogP contribution in [0.15, 0.2) is 17.0 Å². The highest BCUT2D eigenvalue weighted by molar-refractivity contribution is 4.92. The SMILES string of the molecule is CC.COCC(O)c1cnco1. The highest BCUT2D eigenvalue weighted by Crippen LogP contribution is 2.10. The van der Waals surface area contributed by atoms with Gasteiger partial charge >= 0.3 is 0 Å². The van der Waals surface area contributed by atoms with Gasteiger partial charge in [0.2, 0.25) is 0 Å². The van der Waals surface area contributed by atoms with E-state index in [9.17, 15) is 0 Å². The molecule has 0 saturated carbocycles. The fourth-order valence-electron chi connectivity index (χ4n) is 0.630. The van der Waals surface area contributed by atoms with Crippen molar-refractivity contribution < 1.29 is 14.3 Å². The Hall–Kier alpha value is -0.870. The predicted octanol–water partition coefficient (Wildman–Crippen LogP) is 1.38. The van der Waals surface area contributed by atoms with Crippen molar-refractivity contribution in [1.29, 1.82) is 0 Å². The predicted molar refractivity (Wildman–Crippen MR) is 44.7 cm³/mol. The molecule has 70 valence electrons. The smallest absolute Gasteiger partial charge is 0.180 e. The van der Waals surface area contributed by atoms with E-state index >= 15 is 0 Å². The van der Waals surface area contributed by atoms with Crippen LogP contribution in [0, 0.1) is 0 Å². The van der Waals surface area contributed by atoms with Crippen LogP contribution in [0.3, 0.4) is 0 Å². The molecule has 12 heavy (non-hydrogen) atoms. The second-order valence-electron chi connectivity index (χ2n) is 1.87. The fraction of sp³-hybridized carbons (Fsp3) is 0.625. The average Bonchev–Trinajstić information content (AvgIpc) is 2.60. The molecule has 0 fully saturated rings. The molecule has 0 aliphatic carbocycles. The number of oxazole rings is 1. The summed E-state index contributed by atoms with van der Waals surface area (Å²) < 4.78 is 9.50. The van der Waals surface area contributed by atoms with Crippen LogP contribution in [-0.2, 0) is 4.74 Å². The second kappa shape index (κ2) is 6.82. The quantitative estimate of drug-likeness (QED) is 0.750. The van der Waals surface area contributed by atoms with E-state index in [1.165, 1.54) is 19.7 Å². The Kier molecular flexibility index (Phi) is 6.32. The molecule has 1 aromatic rings. The fourth-order valence-corrected chi connectivity index (χ4v) is 0.630. The molecule has 1 atom stereocenters. The minimum atomic E-state index is -0.701. The molecular formula is C8H15NO3. The van der Waals surface area contributed by atoms with Crippen molar-refractivity contribution in [2.75, 3.05) is 13.7 Å². The number of aromatic nitrogens is 1. The number of ether oxygens (including phenoxy) is 1. The molecule has 0 saturated heterocycles. The van der Waals surface area contributed by atoms with Crippen molar-refractivity contribution in [2.45, 2.75) is 20.0 Å². The maximum atomic E-state index is 9.15. The number of nitrogens with zero attached hydrogens (tertiary/aromatic N) is 1. The first kappa shape index (κ1) is 11.1. The summed E-state index contributed by atoms with van der Waals surface area (Å²) in [5, 5.41) is 9.15. The molecule has 0 spiro atoms. The van der Waals surface area contributed by atoms with Gasteiger partial charge in [0, 0.05) is 7.11 Å². The molecule has 1 heterocycles. The zero-order valence-corrected chi connectivity index (χ0v) is 7.65. The number of aliphatic hydroxyl groups excluding tert-OH is 1. The molecular weight excluding hydrogens is 158 g/mol. The minimum Gasteiger partial charge on any atom is -0.446 e. The lowest BCUT2D eigenvalue weighted by Crippen LogP contribution is -2.03. The number of hydrogen-bond donors (Lipinski definition) is 1. The zero-order chi connectivity index (χ0) is 9.40. The van der Waals surface area contributed by atoms with Gasteiger partial charge in [-0.15, -0.1) is 0 Å². The van der Waals surface area contributed by atoms with Crippen molar-refractivity contribution >= 4 is 0 Å². The Morgan fingerprint density at radius 1 is 1.67 bits per heavy atom. The molecule has 0 aliphatic rings. The van der Waals surface area contributed by atoms with Gasteiger partial charge in [-0.3, -0.25) is 0 Å². The van der Waals surface area contributed by atoms with E-state index < -0.39 is 6.10 Å². The third-order valence-electron chi connectivity index (χ3n) is 1.10. The lowest BCUT2D eigenvalue weighted by Gasteiger charge is -2.03. The van der Waals surface area contributed by atoms with Crippen LogP contribution < -0.4 is 0 Å². The summed E-state index contributed by atoms with van der Waals surface area (Å²) in [6, 6.07) is 0. The standard InChI is InChI=1S/C6H9NO3.C2H6/c1-9-3-5(8)6-2-7-4-10-6;1-2/h2,4-5,8H,3H2,1H3;1-2H3. The molecule has 0 aromatic carbocycles. The van der Waals surface area contributed by atoms with Gasteiger partial charge in [0.15, 0.2) is 12.2 Å². The van der Waals surface area contributed by atoms with Crippen molar-refractivity contribution in [2.24, 2.45) is 0 Å². The Bertz CT molecular complexity index is 174. The monoisotopic (exact) mass is 173 g/mol. The molecule has 0 bridgehead atoms. The van der Waals surface area contributed by atoms with Crippen LogP contribution in [0.2, 0.25) is 0 Å². The summed E-state index contributed by atoms with van der Waals surface area (Å²) in [4.78, 5) is 3.64.